The number of benzene rings is 2. The number of ether oxygens (including phenoxy) is 3. The van der Waals surface area contributed by atoms with Crippen molar-refractivity contribution in [1.82, 2.24) is 9.88 Å². The summed E-state index contributed by atoms with van der Waals surface area (Å²) >= 11 is 0. The molecular formula is C30H30N2O7. The topological polar surface area (TPSA) is 115 Å². The fraction of sp³-hybridized carbons (Fsp3) is 0.267. The number of carbonyl (C=O) groups excluding carboxylic acids is 3. The minimum Gasteiger partial charge on any atom is -0.507 e. The summed E-state index contributed by atoms with van der Waals surface area (Å²) in [7, 11) is 0. The minimum atomic E-state index is -0.899. The Hall–Kier alpha value is -4.66. The third-order valence-electron chi connectivity index (χ3n) is 6.18. The first-order valence-electron chi connectivity index (χ1n) is 12.7. The summed E-state index contributed by atoms with van der Waals surface area (Å²) in [4.78, 5) is 44.3. The number of pyridine rings is 1. The highest BCUT2D eigenvalue weighted by Gasteiger charge is 2.46. The zero-order valence-electron chi connectivity index (χ0n) is 22.0. The standard InChI is InChI=1S/C30H30N2O7/c1-4-37-22-13-14-23(24(16-22)38-5-2)27(33)25-26(21-8-7-15-31-17-21)32(29(35)28(25)34)18-19-9-11-20(12-10-19)30(36)39-6-3/h7-17,26,33H,4-6,18H2,1-3H3/b27-25-. The van der Waals surface area contributed by atoms with Crippen molar-refractivity contribution in [2.75, 3.05) is 19.8 Å². The molecule has 2 aromatic carbocycles. The van der Waals surface area contributed by atoms with Crippen LogP contribution in [-0.4, -0.2) is 52.5 Å². The first-order chi connectivity index (χ1) is 18.9. The average molecular weight is 531 g/mol. The van der Waals surface area contributed by atoms with Crippen LogP contribution < -0.4 is 9.47 Å². The number of Topliss-reactive ketones (excluding diaryl/α,β-unsaturated/α-hetero) is 1. The van der Waals surface area contributed by atoms with E-state index in [1.165, 1.54) is 4.90 Å². The molecule has 0 radical (unpaired) electrons. The summed E-state index contributed by atoms with van der Waals surface area (Å²) in [6, 6.07) is 14.1. The highest BCUT2D eigenvalue weighted by Crippen LogP contribution is 2.42. The molecule has 1 aliphatic rings. The molecule has 9 nitrogen and oxygen atoms in total. The number of aliphatic hydroxyl groups excluding tert-OH is 1. The van der Waals surface area contributed by atoms with Gasteiger partial charge in [0.05, 0.1) is 42.6 Å². The second-order valence-electron chi connectivity index (χ2n) is 8.65. The normalized spacial score (nSPS) is 16.3. The highest BCUT2D eigenvalue weighted by atomic mass is 16.5. The lowest BCUT2D eigenvalue weighted by molar-refractivity contribution is -0.140. The predicted octanol–water partition coefficient (Wildman–Crippen LogP) is 4.68. The molecule has 1 N–H and O–H groups in total. The number of hydrogen-bond donors (Lipinski definition) is 1. The van der Waals surface area contributed by atoms with Crippen molar-refractivity contribution >= 4 is 23.4 Å². The number of ketones is 1. The molecule has 1 fully saturated rings. The Morgan fingerprint density at radius 2 is 1.72 bits per heavy atom. The smallest absolute Gasteiger partial charge is 0.338 e. The van der Waals surface area contributed by atoms with E-state index in [9.17, 15) is 19.5 Å². The SMILES string of the molecule is CCOC(=O)c1ccc(CN2C(=O)C(=O)/C(=C(\O)c3ccc(OCC)cc3OCC)C2c2cccnc2)cc1. The number of rotatable bonds is 10. The van der Waals surface area contributed by atoms with E-state index in [2.05, 4.69) is 4.98 Å². The molecular weight excluding hydrogens is 500 g/mol. The van der Waals surface area contributed by atoms with E-state index < -0.39 is 23.7 Å². The lowest BCUT2D eigenvalue weighted by Crippen LogP contribution is -2.29. The Morgan fingerprint density at radius 1 is 0.974 bits per heavy atom. The summed E-state index contributed by atoms with van der Waals surface area (Å²) in [6.07, 6.45) is 3.14. The Balaban J connectivity index is 1.78. The van der Waals surface area contributed by atoms with Crippen LogP contribution in [0.3, 0.4) is 0 Å². The van der Waals surface area contributed by atoms with Gasteiger partial charge in [0.2, 0.25) is 0 Å². The van der Waals surface area contributed by atoms with E-state index in [0.29, 0.717) is 41.4 Å². The van der Waals surface area contributed by atoms with Gasteiger partial charge in [-0.3, -0.25) is 14.6 Å². The quantitative estimate of drug-likeness (QED) is 0.174. The van der Waals surface area contributed by atoms with Crippen LogP contribution in [0.4, 0.5) is 0 Å². The molecule has 1 saturated heterocycles. The van der Waals surface area contributed by atoms with E-state index in [1.54, 1.807) is 80.8 Å². The zero-order chi connectivity index (χ0) is 27.9. The maximum absolute atomic E-state index is 13.4. The molecule has 0 bridgehead atoms. The van der Waals surface area contributed by atoms with Crippen LogP contribution in [0.25, 0.3) is 5.76 Å². The number of nitrogens with zero attached hydrogens (tertiary/aromatic N) is 2. The summed E-state index contributed by atoms with van der Waals surface area (Å²) in [5, 5.41) is 11.5. The molecule has 1 aromatic heterocycles. The number of likely N-dealkylation sites (tertiary alicyclic amines) is 1. The van der Waals surface area contributed by atoms with Crippen LogP contribution in [0.15, 0.2) is 72.6 Å². The molecule has 0 spiro atoms. The molecule has 39 heavy (non-hydrogen) atoms. The first kappa shape index (κ1) is 27.4. The average Bonchev–Trinajstić information content (AvgIpc) is 3.19. The van der Waals surface area contributed by atoms with Crippen LogP contribution in [0.2, 0.25) is 0 Å². The fourth-order valence-corrected chi connectivity index (χ4v) is 4.46. The predicted molar refractivity (Wildman–Crippen MR) is 143 cm³/mol. The number of hydrogen-bond acceptors (Lipinski definition) is 8. The summed E-state index contributed by atoms with van der Waals surface area (Å²) in [5.41, 5.74) is 1.83. The molecule has 202 valence electrons. The van der Waals surface area contributed by atoms with Gasteiger partial charge in [0.25, 0.3) is 11.7 Å². The van der Waals surface area contributed by atoms with Crippen molar-refractivity contribution in [3.05, 3.63) is 94.8 Å². The molecule has 2 heterocycles. The van der Waals surface area contributed by atoms with Gasteiger partial charge >= 0.3 is 5.97 Å². The molecule has 1 amide bonds. The molecule has 4 rings (SSSR count). The van der Waals surface area contributed by atoms with Crippen LogP contribution in [0, 0.1) is 0 Å². The molecule has 3 aromatic rings. The Morgan fingerprint density at radius 3 is 2.36 bits per heavy atom. The maximum Gasteiger partial charge on any atom is 0.338 e. The van der Waals surface area contributed by atoms with Crippen molar-refractivity contribution in [3.8, 4) is 11.5 Å². The number of esters is 1. The monoisotopic (exact) mass is 530 g/mol. The number of aromatic nitrogens is 1. The van der Waals surface area contributed by atoms with Crippen LogP contribution >= 0.6 is 0 Å². The fourth-order valence-electron chi connectivity index (χ4n) is 4.46. The molecule has 1 atom stereocenters. The van der Waals surface area contributed by atoms with Crippen molar-refractivity contribution in [2.45, 2.75) is 33.4 Å². The van der Waals surface area contributed by atoms with Gasteiger partial charge in [0.1, 0.15) is 17.3 Å². The van der Waals surface area contributed by atoms with E-state index in [4.69, 9.17) is 14.2 Å². The third kappa shape index (κ3) is 5.77. The Kier molecular flexibility index (Phi) is 8.60. The van der Waals surface area contributed by atoms with Gasteiger partial charge in [-0.25, -0.2) is 4.79 Å². The Bertz CT molecular complexity index is 1380. The van der Waals surface area contributed by atoms with Crippen molar-refractivity contribution < 1.29 is 33.7 Å². The van der Waals surface area contributed by atoms with Gasteiger partial charge in [-0.2, -0.15) is 0 Å². The van der Waals surface area contributed by atoms with Gasteiger partial charge in [0, 0.05) is 25.0 Å². The third-order valence-corrected chi connectivity index (χ3v) is 6.18. The van der Waals surface area contributed by atoms with Crippen molar-refractivity contribution in [2.24, 2.45) is 0 Å². The number of aliphatic hydroxyl groups is 1. The van der Waals surface area contributed by atoms with E-state index in [1.807, 2.05) is 6.92 Å². The van der Waals surface area contributed by atoms with Gasteiger partial charge in [0.15, 0.2) is 0 Å². The lowest BCUT2D eigenvalue weighted by Gasteiger charge is -2.25. The second kappa shape index (κ2) is 12.3. The maximum atomic E-state index is 13.4. The summed E-state index contributed by atoms with van der Waals surface area (Å²) < 4.78 is 16.3. The second-order valence-corrected chi connectivity index (χ2v) is 8.65. The number of amides is 1. The first-order valence-corrected chi connectivity index (χ1v) is 12.7. The largest absolute Gasteiger partial charge is 0.507 e. The van der Waals surface area contributed by atoms with Crippen LogP contribution in [-0.2, 0) is 20.9 Å². The van der Waals surface area contributed by atoms with Crippen molar-refractivity contribution in [3.63, 3.8) is 0 Å². The van der Waals surface area contributed by atoms with Crippen LogP contribution in [0.1, 0.15) is 53.9 Å². The van der Waals surface area contributed by atoms with Crippen LogP contribution in [0.5, 0.6) is 11.5 Å². The molecule has 0 saturated carbocycles. The van der Waals surface area contributed by atoms with Gasteiger partial charge < -0.3 is 24.2 Å². The number of carbonyl (C=O) groups is 3. The summed E-state index contributed by atoms with van der Waals surface area (Å²) in [6.45, 7) is 6.47. The lowest BCUT2D eigenvalue weighted by atomic mass is 9.95. The molecule has 1 aliphatic heterocycles. The van der Waals surface area contributed by atoms with E-state index >= 15 is 0 Å². The molecule has 9 heteroatoms. The van der Waals surface area contributed by atoms with E-state index in [-0.39, 0.29) is 30.0 Å². The van der Waals surface area contributed by atoms with Crippen molar-refractivity contribution in [1.29, 1.82) is 0 Å². The summed E-state index contributed by atoms with van der Waals surface area (Å²) in [5.74, 6) is -1.50. The van der Waals surface area contributed by atoms with Gasteiger partial charge in [-0.1, -0.05) is 18.2 Å². The van der Waals surface area contributed by atoms with Gasteiger partial charge in [-0.15, -0.1) is 0 Å². The minimum absolute atomic E-state index is 0.0611. The molecule has 1 unspecified atom stereocenters. The zero-order valence-corrected chi connectivity index (χ0v) is 22.0. The van der Waals surface area contributed by atoms with E-state index in [0.717, 1.165) is 0 Å². The highest BCUT2D eigenvalue weighted by molar-refractivity contribution is 6.46. The van der Waals surface area contributed by atoms with Gasteiger partial charge in [-0.05, 0) is 62.2 Å². The Labute approximate surface area is 226 Å². The molecule has 0 aliphatic carbocycles.